The third kappa shape index (κ3) is 4.25. The normalized spacial score (nSPS) is 28.6. The second-order valence-corrected chi connectivity index (χ2v) is 7.55. The summed E-state index contributed by atoms with van der Waals surface area (Å²) < 4.78 is 0. The zero-order valence-electron chi connectivity index (χ0n) is 11.7. The molecule has 2 rings (SSSR count). The zero-order valence-corrected chi connectivity index (χ0v) is 13.5. The summed E-state index contributed by atoms with van der Waals surface area (Å²) in [6, 6.07) is 11.1. The molecule has 1 aliphatic carbocycles. The quantitative estimate of drug-likeness (QED) is 0.695. The van der Waals surface area contributed by atoms with E-state index in [1.54, 1.807) is 5.30 Å². The van der Waals surface area contributed by atoms with Crippen LogP contribution in [0.1, 0.15) is 40.0 Å². The van der Waals surface area contributed by atoms with Crippen LogP contribution in [0.3, 0.4) is 0 Å². The molecule has 2 heteroatoms. The second kappa shape index (κ2) is 7.51. The first-order valence-corrected chi connectivity index (χ1v) is 8.06. The van der Waals surface area contributed by atoms with Crippen LogP contribution in [-0.2, 0) is 0 Å². The lowest BCUT2D eigenvalue weighted by Crippen LogP contribution is -2.30. The summed E-state index contributed by atoms with van der Waals surface area (Å²) in [6.07, 6.45) is 4.33. The fraction of sp³-hybridized carbons (Fsp3) is 0.625. The van der Waals surface area contributed by atoms with E-state index in [1.807, 2.05) is 0 Å². The first kappa shape index (κ1) is 16.0. The molecule has 1 aromatic rings. The fourth-order valence-electron chi connectivity index (χ4n) is 3.12. The molecule has 0 aromatic heterocycles. The van der Waals surface area contributed by atoms with Crippen molar-refractivity contribution in [2.24, 2.45) is 17.8 Å². The molecule has 0 saturated heterocycles. The van der Waals surface area contributed by atoms with E-state index in [2.05, 4.69) is 51.1 Å². The molecule has 4 unspecified atom stereocenters. The van der Waals surface area contributed by atoms with Gasteiger partial charge in [-0.05, 0) is 41.6 Å². The van der Waals surface area contributed by atoms with Crippen LogP contribution in [0.5, 0.6) is 0 Å². The maximum atomic E-state index is 2.43. The lowest BCUT2D eigenvalue weighted by Gasteiger charge is -2.37. The van der Waals surface area contributed by atoms with Gasteiger partial charge < -0.3 is 0 Å². The highest BCUT2D eigenvalue weighted by Gasteiger charge is 2.30. The van der Waals surface area contributed by atoms with E-state index in [4.69, 9.17) is 0 Å². The minimum Gasteiger partial charge on any atom is -0.147 e. The van der Waals surface area contributed by atoms with Gasteiger partial charge in [-0.3, -0.25) is 0 Å². The Balaban J connectivity index is 0.00000162. The molecule has 1 aromatic carbocycles. The maximum absolute atomic E-state index is 2.43. The maximum Gasteiger partial charge on any atom is -0.0163 e. The number of benzene rings is 1. The van der Waals surface area contributed by atoms with Crippen molar-refractivity contribution in [3.05, 3.63) is 30.3 Å². The van der Waals surface area contributed by atoms with E-state index >= 15 is 0 Å². The second-order valence-electron chi connectivity index (χ2n) is 5.94. The van der Waals surface area contributed by atoms with Crippen molar-refractivity contribution >= 4 is 26.3 Å². The summed E-state index contributed by atoms with van der Waals surface area (Å²) in [5.74, 6) is 2.74. The van der Waals surface area contributed by atoms with E-state index in [9.17, 15) is 0 Å². The van der Waals surface area contributed by atoms with E-state index in [1.165, 1.54) is 19.3 Å². The number of hydrogen-bond acceptors (Lipinski definition) is 0. The molecule has 1 aliphatic rings. The highest BCUT2D eigenvalue weighted by Crippen LogP contribution is 2.42. The molecular formula is C16H26ClP. The molecule has 0 radical (unpaired) electrons. The van der Waals surface area contributed by atoms with Crippen molar-refractivity contribution in [2.45, 2.75) is 45.7 Å². The molecule has 1 saturated carbocycles. The molecule has 0 amide bonds. The highest BCUT2D eigenvalue weighted by atomic mass is 35.5. The summed E-state index contributed by atoms with van der Waals surface area (Å²) >= 11 is 0. The average Bonchev–Trinajstić information content (AvgIpc) is 2.30. The minimum absolute atomic E-state index is 0. The first-order valence-electron chi connectivity index (χ1n) is 6.98. The summed E-state index contributed by atoms with van der Waals surface area (Å²) in [5, 5.41) is 1.55. The number of halogens is 1. The summed E-state index contributed by atoms with van der Waals surface area (Å²) in [5.41, 5.74) is 0.932. The lowest BCUT2D eigenvalue weighted by molar-refractivity contribution is 0.243. The number of rotatable bonds is 3. The molecule has 0 N–H and O–H groups in total. The molecule has 0 heterocycles. The Morgan fingerprint density at radius 1 is 1.11 bits per heavy atom. The lowest BCUT2D eigenvalue weighted by atomic mass is 9.77. The molecule has 4 atom stereocenters. The van der Waals surface area contributed by atoms with Crippen molar-refractivity contribution in [3.63, 3.8) is 0 Å². The molecule has 102 valence electrons. The first-order chi connectivity index (χ1) is 8.16. The van der Waals surface area contributed by atoms with Crippen LogP contribution in [0.15, 0.2) is 30.3 Å². The van der Waals surface area contributed by atoms with Crippen LogP contribution in [-0.4, -0.2) is 5.66 Å². The predicted molar refractivity (Wildman–Crippen MR) is 86.8 cm³/mol. The SMILES string of the molecule is CC1CCC(C(C)C)C(Pc2ccccc2)C1.Cl. The van der Waals surface area contributed by atoms with Gasteiger partial charge in [-0.15, -0.1) is 12.4 Å². The van der Waals surface area contributed by atoms with Crippen LogP contribution in [0.2, 0.25) is 0 Å². The van der Waals surface area contributed by atoms with Gasteiger partial charge in [0, 0.05) is 0 Å². The van der Waals surface area contributed by atoms with E-state index in [0.29, 0.717) is 0 Å². The summed E-state index contributed by atoms with van der Waals surface area (Å²) in [7, 11) is 1.01. The van der Waals surface area contributed by atoms with Gasteiger partial charge in [0.25, 0.3) is 0 Å². The fourth-order valence-corrected chi connectivity index (χ4v) is 5.22. The predicted octanol–water partition coefficient (Wildman–Crippen LogP) is 4.87. The highest BCUT2D eigenvalue weighted by molar-refractivity contribution is 7.48. The van der Waals surface area contributed by atoms with Crippen molar-refractivity contribution < 1.29 is 0 Å². The van der Waals surface area contributed by atoms with Gasteiger partial charge >= 0.3 is 0 Å². The van der Waals surface area contributed by atoms with E-state index < -0.39 is 0 Å². The minimum atomic E-state index is 0. The van der Waals surface area contributed by atoms with Crippen LogP contribution >= 0.6 is 21.0 Å². The van der Waals surface area contributed by atoms with Gasteiger partial charge in [0.05, 0.1) is 0 Å². The third-order valence-electron chi connectivity index (χ3n) is 4.15. The topological polar surface area (TPSA) is 0 Å². The Hall–Kier alpha value is -0.0600. The largest absolute Gasteiger partial charge is 0.147 e. The third-order valence-corrected chi connectivity index (χ3v) is 5.85. The van der Waals surface area contributed by atoms with Gasteiger partial charge in [-0.1, -0.05) is 66.1 Å². The van der Waals surface area contributed by atoms with Gasteiger partial charge in [-0.2, -0.15) is 0 Å². The molecular weight excluding hydrogens is 259 g/mol. The zero-order chi connectivity index (χ0) is 12.3. The van der Waals surface area contributed by atoms with Crippen LogP contribution in [0.25, 0.3) is 0 Å². The molecule has 0 aliphatic heterocycles. The Bertz CT molecular complexity index is 336. The van der Waals surface area contributed by atoms with Gasteiger partial charge in [0.1, 0.15) is 0 Å². The van der Waals surface area contributed by atoms with Gasteiger partial charge in [-0.25, -0.2) is 0 Å². The Morgan fingerprint density at radius 2 is 1.78 bits per heavy atom. The van der Waals surface area contributed by atoms with E-state index in [-0.39, 0.29) is 12.4 Å². The molecule has 18 heavy (non-hydrogen) atoms. The summed E-state index contributed by atoms with van der Waals surface area (Å²) in [6.45, 7) is 7.24. The Morgan fingerprint density at radius 3 is 2.39 bits per heavy atom. The molecule has 0 spiro atoms. The standard InChI is InChI=1S/C16H25P.ClH/c1-12(2)15-10-9-13(3)11-16(15)17-14-7-5-4-6-8-14;/h4-8,12-13,15-17H,9-11H2,1-3H3;1H. The van der Waals surface area contributed by atoms with Gasteiger partial charge in [0.15, 0.2) is 0 Å². The molecule has 1 fully saturated rings. The average molecular weight is 285 g/mol. The summed E-state index contributed by atoms with van der Waals surface area (Å²) in [4.78, 5) is 0. The Kier molecular flexibility index (Phi) is 6.67. The van der Waals surface area contributed by atoms with Crippen LogP contribution in [0.4, 0.5) is 0 Å². The molecule has 0 nitrogen and oxygen atoms in total. The van der Waals surface area contributed by atoms with Crippen LogP contribution in [0, 0.1) is 17.8 Å². The monoisotopic (exact) mass is 284 g/mol. The Labute approximate surface area is 120 Å². The smallest absolute Gasteiger partial charge is 0.0163 e. The van der Waals surface area contributed by atoms with Crippen LogP contribution < -0.4 is 5.30 Å². The van der Waals surface area contributed by atoms with Crippen molar-refractivity contribution in [2.75, 3.05) is 0 Å². The van der Waals surface area contributed by atoms with Crippen molar-refractivity contribution in [1.82, 2.24) is 0 Å². The molecule has 0 bridgehead atoms. The number of hydrogen-bond donors (Lipinski definition) is 0. The van der Waals surface area contributed by atoms with Crippen molar-refractivity contribution in [1.29, 1.82) is 0 Å². The van der Waals surface area contributed by atoms with E-state index in [0.717, 1.165) is 32.0 Å². The van der Waals surface area contributed by atoms with Crippen molar-refractivity contribution in [3.8, 4) is 0 Å². The van der Waals surface area contributed by atoms with Gasteiger partial charge in [0.2, 0.25) is 0 Å².